The predicted molar refractivity (Wildman–Crippen MR) is 71.2 cm³/mol. The van der Waals surface area contributed by atoms with Crippen molar-refractivity contribution in [2.45, 2.75) is 75.2 Å². The summed E-state index contributed by atoms with van der Waals surface area (Å²) in [5.41, 5.74) is -1.80. The van der Waals surface area contributed by atoms with Crippen LogP contribution in [-0.2, 0) is 9.47 Å². The van der Waals surface area contributed by atoms with Crippen molar-refractivity contribution >= 4 is 0 Å². The van der Waals surface area contributed by atoms with Crippen LogP contribution in [0.15, 0.2) is 0 Å². The molecular weight excluding hydrogens is 284 g/mol. The lowest BCUT2D eigenvalue weighted by molar-refractivity contribution is -0.299. The topological polar surface area (TPSA) is 140 Å². The number of rotatable bonds is 6. The zero-order chi connectivity index (χ0) is 16.4. The Morgan fingerprint density at radius 1 is 1.29 bits per heavy atom. The van der Waals surface area contributed by atoms with Crippen LogP contribution in [0.3, 0.4) is 0 Å². The zero-order valence-corrected chi connectivity index (χ0v) is 12.5. The third-order valence-corrected chi connectivity index (χ3v) is 4.06. The number of ether oxygens (including phenoxy) is 2. The van der Waals surface area contributed by atoms with Crippen LogP contribution in [-0.4, -0.2) is 86.3 Å². The minimum atomic E-state index is -1.80. The summed E-state index contributed by atoms with van der Waals surface area (Å²) in [6, 6.07) is 0. The molecule has 8 heteroatoms. The Kier molecular flexibility index (Phi) is 6.51. The second-order valence-corrected chi connectivity index (χ2v) is 5.70. The highest BCUT2D eigenvalue weighted by Gasteiger charge is 2.50. The van der Waals surface area contributed by atoms with E-state index in [0.29, 0.717) is 0 Å². The molecule has 0 radical (unpaired) electrons. The molecule has 0 unspecified atom stereocenters. The third kappa shape index (κ3) is 4.11. The van der Waals surface area contributed by atoms with Crippen molar-refractivity contribution in [2.24, 2.45) is 0 Å². The first-order valence-corrected chi connectivity index (χ1v) is 6.94. The SMILES string of the molecule is CO[C@H]1O[C@H](C)[C@@](O)([C@@H](O)C[C@H](O)[C@H](O)[C@@H](C)O)C[C@H]1O. The molecule has 21 heavy (non-hydrogen) atoms. The van der Waals surface area contributed by atoms with E-state index in [9.17, 15) is 30.6 Å². The number of aliphatic hydroxyl groups is 6. The van der Waals surface area contributed by atoms with Crippen LogP contribution < -0.4 is 0 Å². The van der Waals surface area contributed by atoms with Crippen LogP contribution in [0.5, 0.6) is 0 Å². The standard InChI is InChI=1S/C13H26O8/c1-6(14)11(18)8(15)4-10(17)13(19)5-9(16)12(20-3)21-7(13)2/h6-12,14-19H,4-5H2,1-3H3/t6-,7-,8+,9-,10+,11-,12+,13-/m1/s1. The molecule has 0 bridgehead atoms. The lowest BCUT2D eigenvalue weighted by Crippen LogP contribution is -2.61. The highest BCUT2D eigenvalue weighted by molar-refractivity contribution is 4.99. The Balaban J connectivity index is 2.73. The van der Waals surface area contributed by atoms with Crippen LogP contribution in [0.2, 0.25) is 0 Å². The predicted octanol–water partition coefficient (Wildman–Crippen LogP) is -2.29. The van der Waals surface area contributed by atoms with Gasteiger partial charge >= 0.3 is 0 Å². The van der Waals surface area contributed by atoms with Crippen molar-refractivity contribution in [1.82, 2.24) is 0 Å². The Hall–Kier alpha value is -0.320. The maximum absolute atomic E-state index is 10.5. The van der Waals surface area contributed by atoms with Gasteiger partial charge in [-0.3, -0.25) is 0 Å². The lowest BCUT2D eigenvalue weighted by Gasteiger charge is -2.46. The zero-order valence-electron chi connectivity index (χ0n) is 12.5. The summed E-state index contributed by atoms with van der Waals surface area (Å²) in [5, 5.41) is 59.0. The molecule has 0 aromatic heterocycles. The maximum Gasteiger partial charge on any atom is 0.183 e. The van der Waals surface area contributed by atoms with Crippen molar-refractivity contribution < 1.29 is 40.1 Å². The van der Waals surface area contributed by atoms with E-state index >= 15 is 0 Å². The molecule has 0 aromatic carbocycles. The first kappa shape index (κ1) is 18.7. The summed E-state index contributed by atoms with van der Waals surface area (Å²) in [4.78, 5) is 0. The molecule has 0 aliphatic carbocycles. The van der Waals surface area contributed by atoms with Gasteiger partial charge < -0.3 is 40.1 Å². The van der Waals surface area contributed by atoms with Crippen LogP contribution in [0, 0.1) is 0 Å². The van der Waals surface area contributed by atoms with E-state index in [4.69, 9.17) is 9.47 Å². The van der Waals surface area contributed by atoms with Gasteiger partial charge in [0.2, 0.25) is 0 Å². The minimum absolute atomic E-state index is 0.203. The molecule has 6 N–H and O–H groups in total. The van der Waals surface area contributed by atoms with Gasteiger partial charge in [0.05, 0.1) is 24.4 Å². The molecular formula is C13H26O8. The first-order chi connectivity index (χ1) is 9.63. The molecule has 1 aliphatic rings. The van der Waals surface area contributed by atoms with E-state index in [1.54, 1.807) is 0 Å². The lowest BCUT2D eigenvalue weighted by atomic mass is 9.80. The molecule has 0 saturated carbocycles. The molecule has 1 fully saturated rings. The van der Waals surface area contributed by atoms with Crippen LogP contribution in [0.4, 0.5) is 0 Å². The van der Waals surface area contributed by atoms with E-state index < -0.39 is 48.5 Å². The van der Waals surface area contributed by atoms with E-state index in [1.165, 1.54) is 21.0 Å². The highest BCUT2D eigenvalue weighted by atomic mass is 16.7. The van der Waals surface area contributed by atoms with E-state index in [-0.39, 0.29) is 12.8 Å². The van der Waals surface area contributed by atoms with Gasteiger partial charge in [-0.2, -0.15) is 0 Å². The maximum atomic E-state index is 10.5. The Morgan fingerprint density at radius 2 is 1.86 bits per heavy atom. The smallest absolute Gasteiger partial charge is 0.183 e. The second kappa shape index (κ2) is 7.30. The van der Waals surface area contributed by atoms with Crippen LogP contribution >= 0.6 is 0 Å². The Labute approximate surface area is 123 Å². The van der Waals surface area contributed by atoms with Gasteiger partial charge in [-0.1, -0.05) is 0 Å². The summed E-state index contributed by atoms with van der Waals surface area (Å²) < 4.78 is 10.2. The van der Waals surface area contributed by atoms with Gasteiger partial charge in [-0.25, -0.2) is 0 Å². The average Bonchev–Trinajstić information content (AvgIpc) is 2.41. The molecule has 0 amide bonds. The third-order valence-electron chi connectivity index (χ3n) is 4.06. The number of hydrogen-bond acceptors (Lipinski definition) is 8. The largest absolute Gasteiger partial charge is 0.391 e. The Morgan fingerprint density at radius 3 is 2.33 bits per heavy atom. The fraction of sp³-hybridized carbons (Fsp3) is 1.00. The van der Waals surface area contributed by atoms with Crippen LogP contribution in [0.1, 0.15) is 26.7 Å². The second-order valence-electron chi connectivity index (χ2n) is 5.70. The highest BCUT2D eigenvalue weighted by Crippen LogP contribution is 2.34. The molecule has 1 aliphatic heterocycles. The molecule has 1 heterocycles. The fourth-order valence-electron chi connectivity index (χ4n) is 2.52. The monoisotopic (exact) mass is 310 g/mol. The summed E-state index contributed by atoms with van der Waals surface area (Å²) in [6.45, 7) is 2.81. The number of hydrogen-bond donors (Lipinski definition) is 6. The molecule has 8 nitrogen and oxygen atoms in total. The summed E-state index contributed by atoms with van der Waals surface area (Å²) in [5.74, 6) is 0. The molecule has 8 atom stereocenters. The van der Waals surface area contributed by atoms with Gasteiger partial charge in [-0.15, -0.1) is 0 Å². The molecule has 126 valence electrons. The van der Waals surface area contributed by atoms with Crippen molar-refractivity contribution in [2.75, 3.05) is 7.11 Å². The number of aliphatic hydroxyl groups excluding tert-OH is 5. The van der Waals surface area contributed by atoms with Gasteiger partial charge in [0, 0.05) is 20.0 Å². The van der Waals surface area contributed by atoms with Crippen molar-refractivity contribution in [3.63, 3.8) is 0 Å². The quantitative estimate of drug-likeness (QED) is 0.322. The number of methoxy groups -OCH3 is 1. The molecule has 0 spiro atoms. The summed E-state index contributed by atoms with van der Waals surface area (Å²) >= 11 is 0. The summed E-state index contributed by atoms with van der Waals surface area (Å²) in [6.07, 6.45) is -8.96. The van der Waals surface area contributed by atoms with Gasteiger partial charge in [-0.05, 0) is 13.8 Å². The Bertz CT molecular complexity index is 325. The fourth-order valence-corrected chi connectivity index (χ4v) is 2.52. The van der Waals surface area contributed by atoms with Gasteiger partial charge in [0.15, 0.2) is 6.29 Å². The van der Waals surface area contributed by atoms with E-state index in [1.807, 2.05) is 0 Å². The van der Waals surface area contributed by atoms with Crippen molar-refractivity contribution in [3.05, 3.63) is 0 Å². The van der Waals surface area contributed by atoms with Crippen LogP contribution in [0.25, 0.3) is 0 Å². The van der Waals surface area contributed by atoms with Crippen molar-refractivity contribution in [1.29, 1.82) is 0 Å². The average molecular weight is 310 g/mol. The summed E-state index contributed by atoms with van der Waals surface area (Å²) in [7, 11) is 1.35. The van der Waals surface area contributed by atoms with Crippen molar-refractivity contribution in [3.8, 4) is 0 Å². The minimum Gasteiger partial charge on any atom is -0.391 e. The van der Waals surface area contributed by atoms with Gasteiger partial charge in [0.1, 0.15) is 17.8 Å². The molecule has 0 aromatic rings. The van der Waals surface area contributed by atoms with E-state index in [2.05, 4.69) is 0 Å². The normalized spacial score (nSPS) is 39.6. The van der Waals surface area contributed by atoms with Gasteiger partial charge in [0.25, 0.3) is 0 Å². The van der Waals surface area contributed by atoms with E-state index in [0.717, 1.165) is 0 Å². The molecule has 1 saturated heterocycles. The first-order valence-electron chi connectivity index (χ1n) is 6.94. The molecule has 1 rings (SSSR count).